The van der Waals surface area contributed by atoms with Gasteiger partial charge in [0.05, 0.1) is 11.9 Å². The molecule has 15 heavy (non-hydrogen) atoms. The van der Waals surface area contributed by atoms with E-state index in [0.717, 1.165) is 51.0 Å². The number of nitrogens with one attached hydrogen (secondary N) is 1. The van der Waals surface area contributed by atoms with Gasteiger partial charge >= 0.3 is 0 Å². The SMILES string of the molecule is NC1CCNC(N2CCC(=NO)CC2)C1. The van der Waals surface area contributed by atoms with Crippen LogP contribution in [0.2, 0.25) is 0 Å². The predicted octanol–water partition coefficient (Wildman–Crippen LogP) is -0.0508. The Morgan fingerprint density at radius 3 is 2.73 bits per heavy atom. The first-order chi connectivity index (χ1) is 7.29. The molecule has 0 aromatic carbocycles. The van der Waals surface area contributed by atoms with Crippen LogP contribution in [-0.2, 0) is 0 Å². The van der Waals surface area contributed by atoms with E-state index >= 15 is 0 Å². The van der Waals surface area contributed by atoms with Crippen molar-refractivity contribution < 1.29 is 5.21 Å². The fourth-order valence-corrected chi connectivity index (χ4v) is 2.40. The zero-order valence-electron chi connectivity index (χ0n) is 9.02. The summed E-state index contributed by atoms with van der Waals surface area (Å²) in [6, 6.07) is 0.337. The van der Waals surface area contributed by atoms with Crippen LogP contribution in [0.4, 0.5) is 0 Å². The maximum Gasteiger partial charge on any atom is 0.0612 e. The molecule has 0 aromatic heterocycles. The zero-order chi connectivity index (χ0) is 10.7. The van der Waals surface area contributed by atoms with Crippen molar-refractivity contribution in [1.29, 1.82) is 0 Å². The van der Waals surface area contributed by atoms with Gasteiger partial charge in [0, 0.05) is 32.0 Å². The van der Waals surface area contributed by atoms with E-state index in [9.17, 15) is 0 Å². The van der Waals surface area contributed by atoms with Gasteiger partial charge in [0.15, 0.2) is 0 Å². The van der Waals surface area contributed by atoms with E-state index in [0.29, 0.717) is 12.2 Å². The molecule has 0 radical (unpaired) electrons. The van der Waals surface area contributed by atoms with Crippen LogP contribution in [0.3, 0.4) is 0 Å². The molecule has 2 rings (SSSR count). The van der Waals surface area contributed by atoms with Gasteiger partial charge in [0.2, 0.25) is 0 Å². The third kappa shape index (κ3) is 2.68. The molecule has 0 spiro atoms. The van der Waals surface area contributed by atoms with E-state index in [-0.39, 0.29) is 0 Å². The first-order valence-electron chi connectivity index (χ1n) is 5.72. The van der Waals surface area contributed by atoms with Crippen LogP contribution in [0.15, 0.2) is 5.16 Å². The van der Waals surface area contributed by atoms with Crippen LogP contribution in [0, 0.1) is 0 Å². The third-order valence-corrected chi connectivity index (χ3v) is 3.38. The lowest BCUT2D eigenvalue weighted by molar-refractivity contribution is 0.127. The van der Waals surface area contributed by atoms with Crippen LogP contribution in [0.1, 0.15) is 25.7 Å². The first-order valence-corrected chi connectivity index (χ1v) is 5.72. The lowest BCUT2D eigenvalue weighted by Gasteiger charge is -2.39. The Labute approximate surface area is 90.3 Å². The minimum Gasteiger partial charge on any atom is -0.411 e. The monoisotopic (exact) mass is 212 g/mol. The number of nitrogens with two attached hydrogens (primary N) is 1. The lowest BCUT2D eigenvalue weighted by Crippen LogP contribution is -2.55. The highest BCUT2D eigenvalue weighted by molar-refractivity contribution is 5.84. The Morgan fingerprint density at radius 2 is 2.13 bits per heavy atom. The van der Waals surface area contributed by atoms with Gasteiger partial charge in [0.1, 0.15) is 0 Å². The van der Waals surface area contributed by atoms with Crippen molar-refractivity contribution in [3.05, 3.63) is 0 Å². The smallest absolute Gasteiger partial charge is 0.0612 e. The van der Waals surface area contributed by atoms with Gasteiger partial charge in [-0.25, -0.2) is 0 Å². The second-order valence-corrected chi connectivity index (χ2v) is 4.46. The molecule has 5 heteroatoms. The Hall–Kier alpha value is -0.650. The summed E-state index contributed by atoms with van der Waals surface area (Å²) in [5, 5.41) is 15.4. The van der Waals surface area contributed by atoms with Gasteiger partial charge in [-0.05, 0) is 19.4 Å². The number of rotatable bonds is 1. The highest BCUT2D eigenvalue weighted by Crippen LogP contribution is 2.15. The minimum absolute atomic E-state index is 0.337. The maximum atomic E-state index is 8.66. The summed E-state index contributed by atoms with van der Waals surface area (Å²) in [5.41, 5.74) is 6.88. The van der Waals surface area contributed by atoms with Crippen LogP contribution >= 0.6 is 0 Å². The molecule has 2 unspecified atom stereocenters. The van der Waals surface area contributed by atoms with E-state index in [1.807, 2.05) is 0 Å². The van der Waals surface area contributed by atoms with Crippen LogP contribution in [0.25, 0.3) is 0 Å². The summed E-state index contributed by atoms with van der Waals surface area (Å²) in [5.74, 6) is 0. The van der Waals surface area contributed by atoms with Crippen molar-refractivity contribution >= 4 is 5.71 Å². The second-order valence-electron chi connectivity index (χ2n) is 4.46. The van der Waals surface area contributed by atoms with E-state index < -0.39 is 0 Å². The van der Waals surface area contributed by atoms with Gasteiger partial charge in [-0.2, -0.15) is 0 Å². The summed E-state index contributed by atoms with van der Waals surface area (Å²) >= 11 is 0. The molecule has 2 saturated heterocycles. The molecular formula is C10H20N4O. The number of piperidine rings is 2. The quantitative estimate of drug-likeness (QED) is 0.421. The molecule has 2 fully saturated rings. The van der Waals surface area contributed by atoms with Gasteiger partial charge in [-0.3, -0.25) is 4.90 Å². The third-order valence-electron chi connectivity index (χ3n) is 3.38. The normalized spacial score (nSPS) is 34.1. The van der Waals surface area contributed by atoms with Gasteiger partial charge < -0.3 is 16.3 Å². The Bertz CT molecular complexity index is 234. The van der Waals surface area contributed by atoms with Crippen molar-refractivity contribution in [3.63, 3.8) is 0 Å². The van der Waals surface area contributed by atoms with Crippen LogP contribution < -0.4 is 11.1 Å². The molecule has 0 aliphatic carbocycles. The van der Waals surface area contributed by atoms with Crippen molar-refractivity contribution in [3.8, 4) is 0 Å². The standard InChI is InChI=1S/C10H20N4O/c11-8-1-4-12-10(7-8)14-5-2-9(13-15)3-6-14/h8,10,12,15H,1-7,11H2. The summed E-state index contributed by atoms with van der Waals surface area (Å²) in [6.07, 6.45) is 4.29. The largest absolute Gasteiger partial charge is 0.411 e. The topological polar surface area (TPSA) is 73.9 Å². The molecule has 2 aliphatic heterocycles. The molecule has 0 amide bonds. The Kier molecular flexibility index (Phi) is 3.56. The van der Waals surface area contributed by atoms with Gasteiger partial charge in [-0.1, -0.05) is 5.16 Å². The number of likely N-dealkylation sites (tertiary alicyclic amines) is 1. The maximum absolute atomic E-state index is 8.66. The molecular weight excluding hydrogens is 192 g/mol. The fourth-order valence-electron chi connectivity index (χ4n) is 2.40. The van der Waals surface area contributed by atoms with Crippen molar-refractivity contribution in [2.45, 2.75) is 37.9 Å². The molecule has 5 nitrogen and oxygen atoms in total. The van der Waals surface area contributed by atoms with Crippen molar-refractivity contribution in [1.82, 2.24) is 10.2 Å². The molecule has 2 atom stereocenters. The molecule has 0 saturated carbocycles. The van der Waals surface area contributed by atoms with E-state index in [1.54, 1.807) is 0 Å². The zero-order valence-corrected chi connectivity index (χ0v) is 9.02. The molecule has 2 aliphatic rings. The van der Waals surface area contributed by atoms with Crippen LogP contribution in [-0.4, -0.2) is 47.7 Å². The Balaban J connectivity index is 1.84. The first kappa shape index (κ1) is 10.9. The molecule has 4 N–H and O–H groups in total. The number of hydrogen-bond acceptors (Lipinski definition) is 5. The van der Waals surface area contributed by atoms with E-state index in [4.69, 9.17) is 10.9 Å². The van der Waals surface area contributed by atoms with Gasteiger partial charge in [0.25, 0.3) is 0 Å². The molecule has 86 valence electrons. The number of oxime groups is 1. The van der Waals surface area contributed by atoms with Crippen molar-refractivity contribution in [2.24, 2.45) is 10.9 Å². The van der Waals surface area contributed by atoms with E-state index in [2.05, 4.69) is 15.4 Å². The summed E-state index contributed by atoms with van der Waals surface area (Å²) in [4.78, 5) is 2.41. The minimum atomic E-state index is 0.337. The van der Waals surface area contributed by atoms with Crippen molar-refractivity contribution in [2.75, 3.05) is 19.6 Å². The lowest BCUT2D eigenvalue weighted by atomic mass is 10.0. The fraction of sp³-hybridized carbons (Fsp3) is 0.900. The van der Waals surface area contributed by atoms with Gasteiger partial charge in [-0.15, -0.1) is 0 Å². The average Bonchev–Trinajstić information content (AvgIpc) is 2.29. The molecule has 0 aromatic rings. The predicted molar refractivity (Wildman–Crippen MR) is 59.0 cm³/mol. The average molecular weight is 212 g/mol. The number of nitrogens with zero attached hydrogens (tertiary/aromatic N) is 2. The van der Waals surface area contributed by atoms with E-state index in [1.165, 1.54) is 0 Å². The highest BCUT2D eigenvalue weighted by Gasteiger charge is 2.26. The highest BCUT2D eigenvalue weighted by atomic mass is 16.4. The Morgan fingerprint density at radius 1 is 1.40 bits per heavy atom. The molecule has 2 heterocycles. The summed E-state index contributed by atoms with van der Waals surface area (Å²) < 4.78 is 0. The summed E-state index contributed by atoms with van der Waals surface area (Å²) in [7, 11) is 0. The molecule has 0 bridgehead atoms. The second kappa shape index (κ2) is 4.92. The number of hydrogen-bond donors (Lipinski definition) is 3. The van der Waals surface area contributed by atoms with Crippen LogP contribution in [0.5, 0.6) is 0 Å². The summed E-state index contributed by atoms with van der Waals surface area (Å²) in [6.45, 7) is 2.97.